The molecule has 9 nitrogen and oxygen atoms in total. The summed E-state index contributed by atoms with van der Waals surface area (Å²) in [5.41, 5.74) is 7.75. The van der Waals surface area contributed by atoms with Crippen LogP contribution in [0.5, 0.6) is 5.75 Å². The molecule has 1 aliphatic rings. The monoisotopic (exact) mass is 482 g/mol. The lowest BCUT2D eigenvalue weighted by Crippen LogP contribution is -2.45. The van der Waals surface area contributed by atoms with Gasteiger partial charge in [-0.25, -0.2) is 9.07 Å². The summed E-state index contributed by atoms with van der Waals surface area (Å²) in [7, 11) is 0. The van der Waals surface area contributed by atoms with Crippen LogP contribution >= 0.6 is 11.6 Å². The topological polar surface area (TPSA) is 126 Å². The summed E-state index contributed by atoms with van der Waals surface area (Å²) < 4.78 is 20.0. The van der Waals surface area contributed by atoms with Gasteiger partial charge in [-0.15, -0.1) is 0 Å². The number of amides is 2. The van der Waals surface area contributed by atoms with Crippen LogP contribution in [-0.4, -0.2) is 41.3 Å². The van der Waals surface area contributed by atoms with Crippen molar-refractivity contribution in [1.29, 1.82) is 5.26 Å². The number of rotatable bonds is 7. The van der Waals surface area contributed by atoms with Gasteiger partial charge in [-0.2, -0.15) is 10.4 Å². The summed E-state index contributed by atoms with van der Waals surface area (Å²) in [5.74, 6) is -0.439. The molecule has 0 unspecified atom stereocenters. The zero-order chi connectivity index (χ0) is 24.2. The number of fused-ring (bicyclic) bond motifs is 1. The highest BCUT2D eigenvalue weighted by molar-refractivity contribution is 6.31. The Morgan fingerprint density at radius 1 is 1.29 bits per heavy atom. The average molecular weight is 483 g/mol. The van der Waals surface area contributed by atoms with E-state index < -0.39 is 5.82 Å². The molecule has 1 aliphatic heterocycles. The Labute approximate surface area is 199 Å². The summed E-state index contributed by atoms with van der Waals surface area (Å²) in [6.07, 6.45) is 0.871. The molecule has 0 aliphatic carbocycles. The minimum Gasteiger partial charge on any atom is -0.482 e. The average Bonchev–Trinajstić information content (AvgIpc) is 3.14. The first-order chi connectivity index (χ1) is 16.4. The Balaban J connectivity index is 1.35. The standard InChI is InChI=1S/C23H20ClFN6O3/c24-14-3-8-20-19(10-14)30(22(33)13-34-20)12-21(32)28-9-1-2-18-17(11-26)23(27)31(29-18)16-6-4-15(25)5-7-16/h3-8,10H,1-2,9,12-13,27H2,(H,28,32). The van der Waals surface area contributed by atoms with Crippen molar-refractivity contribution >= 4 is 34.9 Å². The molecule has 2 aromatic carbocycles. The number of carbonyl (C=O) groups is 2. The number of aryl methyl sites for hydroxylation is 1. The molecule has 0 bridgehead atoms. The third-order valence-electron chi connectivity index (χ3n) is 5.25. The molecule has 2 amide bonds. The smallest absolute Gasteiger partial charge is 0.265 e. The predicted molar refractivity (Wildman–Crippen MR) is 123 cm³/mol. The lowest BCUT2D eigenvalue weighted by Gasteiger charge is -2.29. The van der Waals surface area contributed by atoms with E-state index in [2.05, 4.69) is 16.5 Å². The zero-order valence-corrected chi connectivity index (χ0v) is 18.7. The first-order valence-corrected chi connectivity index (χ1v) is 10.8. The maximum Gasteiger partial charge on any atom is 0.265 e. The Morgan fingerprint density at radius 3 is 2.79 bits per heavy atom. The molecular weight excluding hydrogens is 463 g/mol. The highest BCUT2D eigenvalue weighted by Crippen LogP contribution is 2.34. The van der Waals surface area contributed by atoms with Gasteiger partial charge >= 0.3 is 0 Å². The first kappa shape index (κ1) is 23.1. The molecule has 0 saturated heterocycles. The number of halogens is 2. The van der Waals surface area contributed by atoms with Gasteiger partial charge in [-0.3, -0.25) is 14.5 Å². The van der Waals surface area contributed by atoms with Crippen LogP contribution in [0.4, 0.5) is 15.9 Å². The molecule has 0 saturated carbocycles. The van der Waals surface area contributed by atoms with Gasteiger partial charge in [-0.05, 0) is 55.3 Å². The summed E-state index contributed by atoms with van der Waals surface area (Å²) in [5, 5.41) is 17.1. The molecule has 0 fully saturated rings. The van der Waals surface area contributed by atoms with Crippen molar-refractivity contribution in [3.05, 3.63) is 64.6 Å². The van der Waals surface area contributed by atoms with Crippen molar-refractivity contribution in [2.75, 3.05) is 30.3 Å². The zero-order valence-electron chi connectivity index (χ0n) is 17.9. The van der Waals surface area contributed by atoms with Gasteiger partial charge in [0.25, 0.3) is 5.91 Å². The van der Waals surface area contributed by atoms with Gasteiger partial charge < -0.3 is 15.8 Å². The van der Waals surface area contributed by atoms with Gasteiger partial charge in [-0.1, -0.05) is 11.6 Å². The molecule has 4 rings (SSSR count). The van der Waals surface area contributed by atoms with Gasteiger partial charge in [0.1, 0.15) is 35.6 Å². The number of nitrogens with zero attached hydrogens (tertiary/aromatic N) is 4. The lowest BCUT2D eigenvalue weighted by atomic mass is 10.1. The number of benzene rings is 2. The summed E-state index contributed by atoms with van der Waals surface area (Å²) in [4.78, 5) is 26.1. The molecular formula is C23H20ClFN6O3. The second kappa shape index (κ2) is 9.80. The fourth-order valence-electron chi connectivity index (χ4n) is 3.59. The summed E-state index contributed by atoms with van der Waals surface area (Å²) >= 11 is 6.02. The van der Waals surface area contributed by atoms with Crippen LogP contribution in [-0.2, 0) is 16.0 Å². The minimum atomic E-state index is -0.392. The van der Waals surface area contributed by atoms with E-state index in [1.165, 1.54) is 33.8 Å². The highest BCUT2D eigenvalue weighted by atomic mass is 35.5. The van der Waals surface area contributed by atoms with Crippen LogP contribution in [0.15, 0.2) is 42.5 Å². The van der Waals surface area contributed by atoms with Crippen LogP contribution in [0.1, 0.15) is 17.7 Å². The molecule has 2 heterocycles. The van der Waals surface area contributed by atoms with E-state index in [9.17, 15) is 19.2 Å². The van der Waals surface area contributed by atoms with Crippen molar-refractivity contribution < 1.29 is 18.7 Å². The van der Waals surface area contributed by atoms with Crippen LogP contribution in [0.25, 0.3) is 5.69 Å². The minimum absolute atomic E-state index is 0.156. The van der Waals surface area contributed by atoms with Crippen molar-refractivity contribution in [3.8, 4) is 17.5 Å². The molecule has 34 heavy (non-hydrogen) atoms. The number of ether oxygens (including phenoxy) is 1. The van der Waals surface area contributed by atoms with Crippen LogP contribution in [0, 0.1) is 17.1 Å². The normalized spacial score (nSPS) is 12.6. The van der Waals surface area contributed by atoms with E-state index in [1.54, 1.807) is 18.2 Å². The molecule has 174 valence electrons. The predicted octanol–water partition coefficient (Wildman–Crippen LogP) is 2.59. The van der Waals surface area contributed by atoms with Crippen molar-refractivity contribution in [2.45, 2.75) is 12.8 Å². The van der Waals surface area contributed by atoms with Gasteiger partial charge in [0, 0.05) is 11.6 Å². The number of nitrogens with one attached hydrogen (secondary N) is 1. The maximum absolute atomic E-state index is 13.2. The first-order valence-electron chi connectivity index (χ1n) is 10.4. The fraction of sp³-hybridized carbons (Fsp3) is 0.217. The Kier molecular flexibility index (Phi) is 6.65. The van der Waals surface area contributed by atoms with E-state index in [4.69, 9.17) is 22.1 Å². The number of nitrogen functional groups attached to an aromatic ring is 1. The van der Waals surface area contributed by atoms with Crippen LogP contribution in [0.3, 0.4) is 0 Å². The van der Waals surface area contributed by atoms with Crippen molar-refractivity contribution in [3.63, 3.8) is 0 Å². The number of aromatic nitrogens is 2. The third-order valence-corrected chi connectivity index (χ3v) is 5.49. The van der Waals surface area contributed by atoms with Gasteiger partial charge in [0.15, 0.2) is 6.61 Å². The molecule has 1 aromatic heterocycles. The summed E-state index contributed by atoms with van der Waals surface area (Å²) in [6.45, 7) is -0.0317. The Bertz CT molecular complexity index is 1290. The van der Waals surface area contributed by atoms with Crippen molar-refractivity contribution in [1.82, 2.24) is 15.1 Å². The molecule has 0 spiro atoms. The maximum atomic E-state index is 13.2. The van der Waals surface area contributed by atoms with Crippen LogP contribution < -0.4 is 20.7 Å². The molecule has 0 atom stereocenters. The number of carbonyl (C=O) groups excluding carboxylic acids is 2. The van der Waals surface area contributed by atoms with Gasteiger partial charge in [0.2, 0.25) is 5.91 Å². The van der Waals surface area contributed by atoms with E-state index >= 15 is 0 Å². The van der Waals surface area contributed by atoms with E-state index in [0.29, 0.717) is 47.2 Å². The molecule has 0 radical (unpaired) electrons. The van der Waals surface area contributed by atoms with Crippen molar-refractivity contribution in [2.24, 2.45) is 0 Å². The molecule has 3 N–H and O–H groups in total. The van der Waals surface area contributed by atoms with Crippen LogP contribution in [0.2, 0.25) is 5.02 Å². The fourth-order valence-corrected chi connectivity index (χ4v) is 3.75. The molecule has 3 aromatic rings. The number of hydrogen-bond acceptors (Lipinski definition) is 6. The Morgan fingerprint density at radius 2 is 2.06 bits per heavy atom. The number of anilines is 2. The van der Waals surface area contributed by atoms with E-state index in [0.717, 1.165) is 0 Å². The lowest BCUT2D eigenvalue weighted by molar-refractivity contribution is -0.125. The number of nitriles is 1. The highest BCUT2D eigenvalue weighted by Gasteiger charge is 2.27. The summed E-state index contributed by atoms with van der Waals surface area (Å²) in [6, 6.07) is 12.5. The Hall–Kier alpha value is -4.10. The third kappa shape index (κ3) is 4.79. The number of hydrogen-bond donors (Lipinski definition) is 2. The SMILES string of the molecule is N#Cc1c(CCCNC(=O)CN2C(=O)COc3ccc(Cl)cc32)nn(-c2ccc(F)cc2)c1N. The second-order valence-corrected chi connectivity index (χ2v) is 7.98. The molecule has 11 heteroatoms. The second-order valence-electron chi connectivity index (χ2n) is 7.54. The number of nitrogens with two attached hydrogens (primary N) is 1. The van der Waals surface area contributed by atoms with Gasteiger partial charge in [0.05, 0.1) is 17.1 Å². The largest absolute Gasteiger partial charge is 0.482 e. The van der Waals surface area contributed by atoms with E-state index in [-0.39, 0.29) is 36.3 Å². The quantitative estimate of drug-likeness (QED) is 0.498. The van der Waals surface area contributed by atoms with E-state index in [1.807, 2.05) is 0 Å².